The first-order chi connectivity index (χ1) is 13.8. The molecule has 146 valence electrons. The molecule has 0 bridgehead atoms. The zero-order valence-electron chi connectivity index (χ0n) is 14.6. The van der Waals surface area contributed by atoms with Gasteiger partial charge in [0.1, 0.15) is 10.8 Å². The third-order valence-electron chi connectivity index (χ3n) is 3.81. The van der Waals surface area contributed by atoms with Gasteiger partial charge in [-0.05, 0) is 60.7 Å². The standard InChI is InChI=1S/C20H12Cl2N2O5/c21-14-4-6-15(7-5-14)23-19(25)12-1-8-16(9-2-12)29-20(26)13-3-10-17(22)18(11-13)24(27)28/h1-11H,(H,23,25). The molecule has 0 unspecified atom stereocenters. The van der Waals surface area contributed by atoms with Crippen LogP contribution in [0, 0.1) is 10.1 Å². The fourth-order valence-corrected chi connectivity index (χ4v) is 2.67. The van der Waals surface area contributed by atoms with Crippen LogP contribution < -0.4 is 10.1 Å². The van der Waals surface area contributed by atoms with Crippen molar-refractivity contribution < 1.29 is 19.2 Å². The number of hydrogen-bond donors (Lipinski definition) is 1. The second kappa shape index (κ2) is 8.72. The number of carbonyl (C=O) groups excluding carboxylic acids is 2. The highest BCUT2D eigenvalue weighted by Crippen LogP contribution is 2.26. The van der Waals surface area contributed by atoms with Crippen LogP contribution >= 0.6 is 23.2 Å². The highest BCUT2D eigenvalue weighted by Gasteiger charge is 2.18. The van der Waals surface area contributed by atoms with Gasteiger partial charge in [-0.25, -0.2) is 4.79 Å². The van der Waals surface area contributed by atoms with Crippen LogP contribution in [0.15, 0.2) is 66.7 Å². The summed E-state index contributed by atoms with van der Waals surface area (Å²) in [6, 6.07) is 16.1. The molecule has 9 heteroatoms. The zero-order valence-corrected chi connectivity index (χ0v) is 16.1. The van der Waals surface area contributed by atoms with Crippen molar-refractivity contribution in [3.8, 4) is 5.75 Å². The molecule has 0 aliphatic rings. The second-order valence-corrected chi connectivity index (χ2v) is 6.64. The number of benzene rings is 3. The molecule has 3 rings (SSSR count). The fourth-order valence-electron chi connectivity index (χ4n) is 2.36. The third kappa shape index (κ3) is 5.10. The number of anilines is 1. The number of amides is 1. The van der Waals surface area contributed by atoms with E-state index in [2.05, 4.69) is 5.32 Å². The number of carbonyl (C=O) groups is 2. The highest BCUT2D eigenvalue weighted by atomic mass is 35.5. The first kappa shape index (κ1) is 20.3. The molecule has 0 fully saturated rings. The van der Waals surface area contributed by atoms with Crippen molar-refractivity contribution in [2.24, 2.45) is 0 Å². The molecule has 1 N–H and O–H groups in total. The maximum atomic E-state index is 12.3. The Labute approximate surface area is 175 Å². The summed E-state index contributed by atoms with van der Waals surface area (Å²) in [6.07, 6.45) is 0. The van der Waals surface area contributed by atoms with E-state index in [0.717, 1.165) is 6.07 Å². The molecule has 0 aromatic heterocycles. The van der Waals surface area contributed by atoms with Gasteiger partial charge in [-0.2, -0.15) is 0 Å². The van der Waals surface area contributed by atoms with E-state index in [1.165, 1.54) is 36.4 Å². The van der Waals surface area contributed by atoms with Crippen LogP contribution in [-0.4, -0.2) is 16.8 Å². The number of nitrogens with one attached hydrogen (secondary N) is 1. The minimum absolute atomic E-state index is 0.0225. The lowest BCUT2D eigenvalue weighted by Crippen LogP contribution is -2.12. The molecule has 1 amide bonds. The Morgan fingerprint density at radius 3 is 2.14 bits per heavy atom. The minimum atomic E-state index is -0.789. The summed E-state index contributed by atoms with van der Waals surface area (Å²) >= 11 is 11.5. The maximum Gasteiger partial charge on any atom is 0.343 e. The first-order valence-corrected chi connectivity index (χ1v) is 8.92. The number of nitrogens with zero attached hydrogens (tertiary/aromatic N) is 1. The largest absolute Gasteiger partial charge is 0.423 e. The summed E-state index contributed by atoms with van der Waals surface area (Å²) < 4.78 is 5.19. The summed E-state index contributed by atoms with van der Waals surface area (Å²) in [6.45, 7) is 0. The van der Waals surface area contributed by atoms with Crippen molar-refractivity contribution in [1.29, 1.82) is 0 Å². The van der Waals surface area contributed by atoms with Crippen LogP contribution in [0.1, 0.15) is 20.7 Å². The van der Waals surface area contributed by atoms with Crippen molar-refractivity contribution in [1.82, 2.24) is 0 Å². The topological polar surface area (TPSA) is 98.5 Å². The number of nitro benzene ring substituents is 1. The molecule has 0 saturated carbocycles. The minimum Gasteiger partial charge on any atom is -0.423 e. The van der Waals surface area contributed by atoms with Gasteiger partial charge in [-0.1, -0.05) is 23.2 Å². The van der Waals surface area contributed by atoms with Crippen molar-refractivity contribution in [2.45, 2.75) is 0 Å². The van der Waals surface area contributed by atoms with E-state index in [1.54, 1.807) is 24.3 Å². The molecule has 0 heterocycles. The molecule has 0 saturated heterocycles. The van der Waals surface area contributed by atoms with Gasteiger partial charge in [0, 0.05) is 22.3 Å². The van der Waals surface area contributed by atoms with Crippen LogP contribution in [0.25, 0.3) is 0 Å². The van der Waals surface area contributed by atoms with E-state index in [1.807, 2.05) is 0 Å². The number of esters is 1. The molecule has 0 spiro atoms. The number of hydrogen-bond acceptors (Lipinski definition) is 5. The normalized spacial score (nSPS) is 10.3. The Balaban J connectivity index is 1.68. The number of halogens is 2. The molecule has 3 aromatic carbocycles. The Morgan fingerprint density at radius 1 is 0.897 bits per heavy atom. The second-order valence-electron chi connectivity index (χ2n) is 5.80. The Hall–Kier alpha value is -3.42. The van der Waals surface area contributed by atoms with Gasteiger partial charge in [0.2, 0.25) is 0 Å². The monoisotopic (exact) mass is 430 g/mol. The van der Waals surface area contributed by atoms with Crippen LogP contribution in [0.2, 0.25) is 10.0 Å². The fraction of sp³-hybridized carbons (Fsp3) is 0. The smallest absolute Gasteiger partial charge is 0.343 e. The van der Waals surface area contributed by atoms with Gasteiger partial charge in [0.25, 0.3) is 11.6 Å². The molecule has 7 nitrogen and oxygen atoms in total. The van der Waals surface area contributed by atoms with Crippen molar-refractivity contribution in [3.63, 3.8) is 0 Å². The summed E-state index contributed by atoms with van der Waals surface area (Å²) in [5.74, 6) is -0.961. The van der Waals surface area contributed by atoms with Crippen LogP contribution in [0.4, 0.5) is 11.4 Å². The van der Waals surface area contributed by atoms with Gasteiger partial charge in [0.15, 0.2) is 0 Å². The molecule has 29 heavy (non-hydrogen) atoms. The average molecular weight is 431 g/mol. The van der Waals surface area contributed by atoms with E-state index < -0.39 is 16.6 Å². The van der Waals surface area contributed by atoms with Crippen LogP contribution in [0.5, 0.6) is 5.75 Å². The van der Waals surface area contributed by atoms with Crippen LogP contribution in [0.3, 0.4) is 0 Å². The van der Waals surface area contributed by atoms with E-state index >= 15 is 0 Å². The number of rotatable bonds is 5. The zero-order chi connectivity index (χ0) is 21.0. The predicted molar refractivity (Wildman–Crippen MR) is 109 cm³/mol. The molecule has 0 atom stereocenters. The average Bonchev–Trinajstić information content (AvgIpc) is 2.70. The van der Waals surface area contributed by atoms with Gasteiger partial charge < -0.3 is 10.1 Å². The van der Waals surface area contributed by atoms with Crippen molar-refractivity contribution in [3.05, 3.63) is 98.0 Å². The lowest BCUT2D eigenvalue weighted by atomic mass is 10.2. The van der Waals surface area contributed by atoms with E-state index in [4.69, 9.17) is 27.9 Å². The predicted octanol–water partition coefficient (Wildman–Crippen LogP) is 5.37. The number of nitro groups is 1. The van der Waals surface area contributed by atoms with Gasteiger partial charge >= 0.3 is 5.97 Å². The molecule has 0 radical (unpaired) electrons. The van der Waals surface area contributed by atoms with E-state index in [0.29, 0.717) is 16.3 Å². The van der Waals surface area contributed by atoms with Gasteiger partial charge in [-0.3, -0.25) is 14.9 Å². The Bertz CT molecular complexity index is 1080. The van der Waals surface area contributed by atoms with E-state index in [9.17, 15) is 19.7 Å². The van der Waals surface area contributed by atoms with Crippen molar-refractivity contribution >= 4 is 46.5 Å². The molecular formula is C20H12Cl2N2O5. The molecule has 3 aromatic rings. The molecule has 0 aliphatic heterocycles. The number of ether oxygens (including phenoxy) is 1. The van der Waals surface area contributed by atoms with Gasteiger partial charge in [-0.15, -0.1) is 0 Å². The lowest BCUT2D eigenvalue weighted by Gasteiger charge is -2.07. The lowest BCUT2D eigenvalue weighted by molar-refractivity contribution is -0.384. The Kier molecular flexibility index (Phi) is 6.11. The van der Waals surface area contributed by atoms with Crippen LogP contribution in [-0.2, 0) is 0 Å². The summed E-state index contributed by atoms with van der Waals surface area (Å²) in [7, 11) is 0. The quantitative estimate of drug-likeness (QED) is 0.253. The first-order valence-electron chi connectivity index (χ1n) is 8.16. The highest BCUT2D eigenvalue weighted by molar-refractivity contribution is 6.32. The van der Waals surface area contributed by atoms with E-state index in [-0.39, 0.29) is 22.2 Å². The molecule has 0 aliphatic carbocycles. The van der Waals surface area contributed by atoms with Crippen molar-refractivity contribution in [2.75, 3.05) is 5.32 Å². The maximum absolute atomic E-state index is 12.3. The third-order valence-corrected chi connectivity index (χ3v) is 4.38. The summed E-state index contributed by atoms with van der Waals surface area (Å²) in [4.78, 5) is 34.7. The summed E-state index contributed by atoms with van der Waals surface area (Å²) in [5, 5.41) is 14.1. The SMILES string of the molecule is O=C(Nc1ccc(Cl)cc1)c1ccc(OC(=O)c2ccc(Cl)c([N+](=O)[O-])c2)cc1. The summed E-state index contributed by atoms with van der Waals surface area (Å²) in [5.41, 5.74) is 0.516. The Morgan fingerprint density at radius 2 is 1.52 bits per heavy atom. The molecular weight excluding hydrogens is 419 g/mol. The van der Waals surface area contributed by atoms with Gasteiger partial charge in [0.05, 0.1) is 10.5 Å².